The van der Waals surface area contributed by atoms with Gasteiger partial charge in [0.1, 0.15) is 6.04 Å². The van der Waals surface area contributed by atoms with Gasteiger partial charge in [0.15, 0.2) is 0 Å². The van der Waals surface area contributed by atoms with E-state index in [1.165, 1.54) is 0 Å². The summed E-state index contributed by atoms with van der Waals surface area (Å²) in [6.45, 7) is 1.96. The topological polar surface area (TPSA) is 49.3 Å². The van der Waals surface area contributed by atoms with Gasteiger partial charge in [-0.1, -0.05) is 26.2 Å². The molecular weight excluding hydrogens is 259 g/mol. The molecule has 0 aromatic carbocycles. The maximum Gasteiger partial charge on any atom is 0.391 e. The minimum absolute atomic E-state index is 0.000590. The van der Waals surface area contributed by atoms with Crippen LogP contribution in [0, 0.1) is 5.92 Å². The van der Waals surface area contributed by atoms with Crippen molar-refractivity contribution in [2.75, 3.05) is 0 Å². The molecule has 19 heavy (non-hydrogen) atoms. The molecule has 3 unspecified atom stereocenters. The van der Waals surface area contributed by atoms with Gasteiger partial charge in [-0.2, -0.15) is 13.2 Å². The summed E-state index contributed by atoms with van der Waals surface area (Å²) < 4.78 is 38.0. The Bertz CT molecular complexity index is 294. The Balaban J connectivity index is 2.52. The third-order valence-corrected chi connectivity index (χ3v) is 3.72. The van der Waals surface area contributed by atoms with Crippen LogP contribution in [0.5, 0.6) is 0 Å². The van der Waals surface area contributed by atoms with Gasteiger partial charge in [-0.25, -0.2) is 0 Å². The first kappa shape index (κ1) is 16.3. The Hall–Kier alpha value is -0.780. The molecule has 112 valence electrons. The van der Waals surface area contributed by atoms with Crippen LogP contribution in [-0.2, 0) is 4.79 Å². The molecule has 3 atom stereocenters. The zero-order valence-electron chi connectivity index (χ0n) is 11.2. The van der Waals surface area contributed by atoms with Gasteiger partial charge in [0, 0.05) is 6.04 Å². The highest BCUT2D eigenvalue weighted by Crippen LogP contribution is 2.37. The van der Waals surface area contributed by atoms with Crippen LogP contribution in [-0.4, -0.2) is 29.3 Å². The average molecular weight is 281 g/mol. The lowest BCUT2D eigenvalue weighted by molar-refractivity contribution is -0.184. The first-order chi connectivity index (χ1) is 8.84. The molecule has 0 heterocycles. The summed E-state index contributed by atoms with van der Waals surface area (Å²) in [5, 5.41) is 12.0. The number of alkyl halides is 3. The number of halogens is 3. The fourth-order valence-corrected chi connectivity index (χ4v) is 2.61. The maximum atomic E-state index is 12.7. The van der Waals surface area contributed by atoms with E-state index in [4.69, 9.17) is 5.11 Å². The highest BCUT2D eigenvalue weighted by Gasteiger charge is 2.42. The van der Waals surface area contributed by atoms with Crippen LogP contribution in [0.4, 0.5) is 13.2 Å². The second kappa shape index (κ2) is 7.12. The minimum Gasteiger partial charge on any atom is -0.480 e. The Morgan fingerprint density at radius 1 is 1.42 bits per heavy atom. The zero-order valence-corrected chi connectivity index (χ0v) is 11.2. The lowest BCUT2D eigenvalue weighted by Crippen LogP contribution is -2.46. The molecule has 0 amide bonds. The SMILES string of the molecule is CCCCC(NC1CCCC(C(F)(F)F)C1)C(=O)O. The molecular formula is C13H22F3NO2. The summed E-state index contributed by atoms with van der Waals surface area (Å²) >= 11 is 0. The molecule has 3 nitrogen and oxygen atoms in total. The molecule has 1 rings (SSSR count). The standard InChI is InChI=1S/C13H22F3NO2/c1-2-3-7-11(12(18)19)17-10-6-4-5-9(8-10)13(14,15)16/h9-11,17H,2-8H2,1H3,(H,18,19). The highest BCUT2D eigenvalue weighted by atomic mass is 19.4. The summed E-state index contributed by atoms with van der Waals surface area (Å²) in [5.74, 6) is -2.26. The van der Waals surface area contributed by atoms with Gasteiger partial charge in [-0.05, 0) is 25.7 Å². The largest absolute Gasteiger partial charge is 0.480 e. The normalized spacial score (nSPS) is 26.1. The molecule has 1 aliphatic rings. The van der Waals surface area contributed by atoms with Crippen molar-refractivity contribution in [3.8, 4) is 0 Å². The third kappa shape index (κ3) is 5.38. The lowest BCUT2D eigenvalue weighted by Gasteiger charge is -2.32. The first-order valence-corrected chi connectivity index (χ1v) is 6.90. The summed E-state index contributed by atoms with van der Waals surface area (Å²) in [5.41, 5.74) is 0. The Morgan fingerprint density at radius 2 is 2.11 bits per heavy atom. The number of carbonyl (C=O) groups is 1. The molecule has 1 saturated carbocycles. The van der Waals surface area contributed by atoms with Crippen molar-refractivity contribution in [2.45, 2.75) is 70.1 Å². The van der Waals surface area contributed by atoms with Crippen LogP contribution in [0.3, 0.4) is 0 Å². The summed E-state index contributed by atoms with van der Waals surface area (Å²) in [4.78, 5) is 11.1. The van der Waals surface area contributed by atoms with Crippen LogP contribution in [0.15, 0.2) is 0 Å². The van der Waals surface area contributed by atoms with E-state index in [0.29, 0.717) is 19.3 Å². The van der Waals surface area contributed by atoms with E-state index in [1.807, 2.05) is 6.92 Å². The predicted octanol–water partition coefficient (Wildman–Crippen LogP) is 3.34. The van der Waals surface area contributed by atoms with Crippen LogP contribution in [0.1, 0.15) is 51.9 Å². The molecule has 0 aromatic rings. The molecule has 0 aromatic heterocycles. The maximum absolute atomic E-state index is 12.7. The van der Waals surface area contributed by atoms with Crippen LogP contribution in [0.25, 0.3) is 0 Å². The van der Waals surface area contributed by atoms with Gasteiger partial charge < -0.3 is 10.4 Å². The number of hydrogen-bond acceptors (Lipinski definition) is 2. The van der Waals surface area contributed by atoms with Crippen molar-refractivity contribution >= 4 is 5.97 Å². The van der Waals surface area contributed by atoms with Crippen LogP contribution >= 0.6 is 0 Å². The van der Waals surface area contributed by atoms with Gasteiger partial charge in [0.2, 0.25) is 0 Å². The zero-order chi connectivity index (χ0) is 14.5. The van der Waals surface area contributed by atoms with Gasteiger partial charge in [0.05, 0.1) is 5.92 Å². The van der Waals surface area contributed by atoms with E-state index in [0.717, 1.165) is 12.8 Å². The minimum atomic E-state index is -4.16. The number of unbranched alkanes of at least 4 members (excludes halogenated alkanes) is 1. The summed E-state index contributed by atoms with van der Waals surface area (Å²) in [7, 11) is 0. The van der Waals surface area contributed by atoms with Crippen molar-refractivity contribution < 1.29 is 23.1 Å². The third-order valence-electron chi connectivity index (χ3n) is 3.72. The number of hydrogen-bond donors (Lipinski definition) is 2. The van der Waals surface area contributed by atoms with E-state index >= 15 is 0 Å². The number of carboxylic acids is 1. The van der Waals surface area contributed by atoms with Crippen molar-refractivity contribution in [3.63, 3.8) is 0 Å². The average Bonchev–Trinajstić information content (AvgIpc) is 2.33. The number of aliphatic carboxylic acids is 1. The summed E-state index contributed by atoms with van der Waals surface area (Å²) in [6.07, 6.45) is -0.763. The first-order valence-electron chi connectivity index (χ1n) is 6.90. The fraction of sp³-hybridized carbons (Fsp3) is 0.923. The number of nitrogens with one attached hydrogen (secondary N) is 1. The van der Waals surface area contributed by atoms with Crippen molar-refractivity contribution in [3.05, 3.63) is 0 Å². The Morgan fingerprint density at radius 3 is 2.63 bits per heavy atom. The molecule has 1 fully saturated rings. The van der Waals surface area contributed by atoms with Crippen LogP contribution < -0.4 is 5.32 Å². The van der Waals surface area contributed by atoms with Gasteiger partial charge >= 0.3 is 12.1 Å². The fourth-order valence-electron chi connectivity index (χ4n) is 2.61. The number of carboxylic acid groups (broad SMARTS) is 1. The lowest BCUT2D eigenvalue weighted by atomic mass is 9.85. The monoisotopic (exact) mass is 281 g/mol. The second-order valence-corrected chi connectivity index (χ2v) is 5.30. The van der Waals surface area contributed by atoms with Gasteiger partial charge in [-0.3, -0.25) is 4.79 Å². The van der Waals surface area contributed by atoms with Gasteiger partial charge in [-0.15, -0.1) is 0 Å². The van der Waals surface area contributed by atoms with E-state index in [2.05, 4.69) is 5.32 Å². The van der Waals surface area contributed by atoms with Crippen molar-refractivity contribution in [2.24, 2.45) is 5.92 Å². The predicted molar refractivity (Wildman–Crippen MR) is 65.9 cm³/mol. The van der Waals surface area contributed by atoms with E-state index in [1.54, 1.807) is 0 Å². The Labute approximate surface area is 111 Å². The Kier molecular flexibility index (Phi) is 6.10. The van der Waals surface area contributed by atoms with E-state index in [9.17, 15) is 18.0 Å². The number of rotatable bonds is 6. The van der Waals surface area contributed by atoms with E-state index in [-0.39, 0.29) is 18.9 Å². The molecule has 0 spiro atoms. The van der Waals surface area contributed by atoms with Crippen molar-refractivity contribution in [1.29, 1.82) is 0 Å². The van der Waals surface area contributed by atoms with Crippen molar-refractivity contribution in [1.82, 2.24) is 5.32 Å². The highest BCUT2D eigenvalue weighted by molar-refractivity contribution is 5.73. The van der Waals surface area contributed by atoms with E-state index < -0.39 is 24.1 Å². The van der Waals surface area contributed by atoms with Gasteiger partial charge in [0.25, 0.3) is 0 Å². The molecule has 0 bridgehead atoms. The quantitative estimate of drug-likeness (QED) is 0.785. The van der Waals surface area contributed by atoms with Crippen LogP contribution in [0.2, 0.25) is 0 Å². The molecule has 0 radical (unpaired) electrons. The smallest absolute Gasteiger partial charge is 0.391 e. The second-order valence-electron chi connectivity index (χ2n) is 5.30. The molecule has 0 aliphatic heterocycles. The molecule has 1 aliphatic carbocycles. The molecule has 6 heteroatoms. The molecule has 2 N–H and O–H groups in total. The summed E-state index contributed by atoms with van der Waals surface area (Å²) in [6, 6.07) is -1.06. The molecule has 0 saturated heterocycles.